The maximum Gasteiger partial charge on any atom is 0.390 e. The highest BCUT2D eigenvalue weighted by Gasteiger charge is 2.33. The molecular formula is C9H8BrF3N2O3. The number of aromatic hydroxyl groups is 1. The van der Waals surface area contributed by atoms with E-state index in [4.69, 9.17) is 5.73 Å². The van der Waals surface area contributed by atoms with Gasteiger partial charge in [-0.1, -0.05) is 0 Å². The summed E-state index contributed by atoms with van der Waals surface area (Å²) >= 11 is 2.82. The number of non-ortho nitro benzene ring substituents is 1. The van der Waals surface area contributed by atoms with Crippen LogP contribution in [-0.4, -0.2) is 16.2 Å². The molecule has 0 saturated heterocycles. The number of rotatable bonds is 3. The van der Waals surface area contributed by atoms with Gasteiger partial charge in [0.05, 0.1) is 15.8 Å². The molecule has 1 atom stereocenters. The molecule has 0 bridgehead atoms. The summed E-state index contributed by atoms with van der Waals surface area (Å²) in [6.45, 7) is 0. The maximum atomic E-state index is 12.2. The Bertz CT molecular complexity index is 479. The molecule has 0 unspecified atom stereocenters. The van der Waals surface area contributed by atoms with Gasteiger partial charge in [0.15, 0.2) is 0 Å². The summed E-state index contributed by atoms with van der Waals surface area (Å²) in [7, 11) is 0. The molecule has 1 aromatic rings. The lowest BCUT2D eigenvalue weighted by Crippen LogP contribution is -2.20. The minimum Gasteiger partial charge on any atom is -0.506 e. The topological polar surface area (TPSA) is 89.4 Å². The minimum atomic E-state index is -4.52. The number of hydrogen-bond acceptors (Lipinski definition) is 4. The second-order valence-electron chi connectivity index (χ2n) is 3.55. The molecule has 1 aromatic carbocycles. The lowest BCUT2D eigenvalue weighted by atomic mass is 10.0. The van der Waals surface area contributed by atoms with E-state index >= 15 is 0 Å². The van der Waals surface area contributed by atoms with E-state index in [1.807, 2.05) is 0 Å². The van der Waals surface area contributed by atoms with Gasteiger partial charge in [0, 0.05) is 23.7 Å². The number of nitrogens with zero attached hydrogens (tertiary/aromatic N) is 1. The number of alkyl halides is 3. The second-order valence-corrected chi connectivity index (χ2v) is 4.40. The zero-order valence-electron chi connectivity index (χ0n) is 8.74. The van der Waals surface area contributed by atoms with Crippen LogP contribution in [0.1, 0.15) is 18.0 Å². The summed E-state index contributed by atoms with van der Waals surface area (Å²) in [6.07, 6.45) is -5.91. The van der Waals surface area contributed by atoms with Crippen molar-refractivity contribution in [2.75, 3.05) is 0 Å². The van der Waals surface area contributed by atoms with Crippen molar-refractivity contribution in [2.45, 2.75) is 18.6 Å². The minimum absolute atomic E-state index is 0.0793. The Balaban J connectivity index is 3.18. The lowest BCUT2D eigenvalue weighted by Gasteiger charge is -2.16. The molecule has 0 aliphatic heterocycles. The molecule has 18 heavy (non-hydrogen) atoms. The average Bonchev–Trinajstić information content (AvgIpc) is 2.18. The molecule has 1 rings (SSSR count). The third-order valence-corrected chi connectivity index (χ3v) is 2.74. The fraction of sp³-hybridized carbons (Fsp3) is 0.333. The monoisotopic (exact) mass is 328 g/mol. The van der Waals surface area contributed by atoms with Crippen LogP contribution >= 0.6 is 15.9 Å². The predicted molar refractivity (Wildman–Crippen MR) is 60.1 cm³/mol. The summed E-state index contributed by atoms with van der Waals surface area (Å²) in [5.41, 5.74) is 4.52. The van der Waals surface area contributed by atoms with E-state index in [9.17, 15) is 28.4 Å². The van der Waals surface area contributed by atoms with Crippen LogP contribution in [-0.2, 0) is 0 Å². The van der Waals surface area contributed by atoms with Crippen molar-refractivity contribution in [3.63, 3.8) is 0 Å². The van der Waals surface area contributed by atoms with Crippen LogP contribution in [0, 0.1) is 10.1 Å². The van der Waals surface area contributed by atoms with Crippen LogP contribution in [0.15, 0.2) is 16.6 Å². The van der Waals surface area contributed by atoms with Crippen molar-refractivity contribution in [3.05, 3.63) is 32.3 Å². The molecule has 0 radical (unpaired) electrons. The number of halogens is 4. The van der Waals surface area contributed by atoms with Gasteiger partial charge in [-0.2, -0.15) is 13.2 Å². The first kappa shape index (κ1) is 14.7. The number of nitro benzene ring substituents is 1. The van der Waals surface area contributed by atoms with Gasteiger partial charge in [0.1, 0.15) is 5.75 Å². The Labute approximate surface area is 108 Å². The first-order valence-corrected chi connectivity index (χ1v) is 5.40. The second kappa shape index (κ2) is 5.11. The van der Waals surface area contributed by atoms with Gasteiger partial charge in [0.25, 0.3) is 5.69 Å². The van der Waals surface area contributed by atoms with Gasteiger partial charge in [-0.25, -0.2) is 0 Å². The van der Waals surface area contributed by atoms with Gasteiger partial charge >= 0.3 is 6.18 Å². The molecule has 5 nitrogen and oxygen atoms in total. The summed E-state index contributed by atoms with van der Waals surface area (Å²) in [5, 5.41) is 20.1. The van der Waals surface area contributed by atoms with E-state index in [0.717, 1.165) is 12.1 Å². The van der Waals surface area contributed by atoms with Crippen molar-refractivity contribution in [1.82, 2.24) is 0 Å². The Morgan fingerprint density at radius 1 is 1.50 bits per heavy atom. The van der Waals surface area contributed by atoms with Crippen LogP contribution in [0.25, 0.3) is 0 Å². The largest absolute Gasteiger partial charge is 0.506 e. The zero-order valence-corrected chi connectivity index (χ0v) is 10.3. The third kappa shape index (κ3) is 3.57. The number of hydrogen-bond donors (Lipinski definition) is 2. The van der Waals surface area contributed by atoms with E-state index in [2.05, 4.69) is 15.9 Å². The van der Waals surface area contributed by atoms with Crippen molar-refractivity contribution >= 4 is 21.6 Å². The van der Waals surface area contributed by atoms with Crippen molar-refractivity contribution in [2.24, 2.45) is 5.73 Å². The predicted octanol–water partition coefficient (Wildman–Crippen LogP) is 3.02. The maximum absolute atomic E-state index is 12.2. The fourth-order valence-corrected chi connectivity index (χ4v) is 1.82. The van der Waals surface area contributed by atoms with E-state index in [0.29, 0.717) is 0 Å². The van der Waals surface area contributed by atoms with Gasteiger partial charge in [-0.3, -0.25) is 10.1 Å². The van der Waals surface area contributed by atoms with E-state index < -0.39 is 35.0 Å². The van der Waals surface area contributed by atoms with Crippen molar-refractivity contribution < 1.29 is 23.2 Å². The third-order valence-electron chi connectivity index (χ3n) is 2.14. The van der Waals surface area contributed by atoms with Gasteiger partial charge in [-0.05, 0) is 15.9 Å². The molecule has 100 valence electrons. The first-order valence-electron chi connectivity index (χ1n) is 4.61. The van der Waals surface area contributed by atoms with E-state index in [1.165, 1.54) is 0 Å². The summed E-state index contributed by atoms with van der Waals surface area (Å²) < 4.78 is 36.4. The highest BCUT2D eigenvalue weighted by molar-refractivity contribution is 9.10. The quantitative estimate of drug-likeness (QED) is 0.659. The normalized spacial score (nSPS) is 13.4. The van der Waals surface area contributed by atoms with Gasteiger partial charge in [-0.15, -0.1) is 0 Å². The Morgan fingerprint density at radius 3 is 2.50 bits per heavy atom. The van der Waals surface area contributed by atoms with E-state index in [-0.39, 0.29) is 10.0 Å². The Hall–Kier alpha value is -1.35. The van der Waals surface area contributed by atoms with Crippen molar-refractivity contribution in [3.8, 4) is 5.75 Å². The highest BCUT2D eigenvalue weighted by Crippen LogP contribution is 2.38. The highest BCUT2D eigenvalue weighted by atomic mass is 79.9. The van der Waals surface area contributed by atoms with Crippen LogP contribution in [0.2, 0.25) is 0 Å². The molecule has 0 saturated carbocycles. The lowest BCUT2D eigenvalue weighted by molar-refractivity contribution is -0.385. The molecule has 0 aliphatic rings. The summed E-state index contributed by atoms with van der Waals surface area (Å²) in [4.78, 5) is 9.78. The number of nitro groups is 1. The molecule has 0 aromatic heterocycles. The van der Waals surface area contributed by atoms with E-state index in [1.54, 1.807) is 0 Å². The van der Waals surface area contributed by atoms with Crippen LogP contribution in [0.4, 0.5) is 18.9 Å². The molecule has 0 heterocycles. The van der Waals surface area contributed by atoms with Crippen molar-refractivity contribution in [1.29, 1.82) is 0 Å². The number of phenolic OH excluding ortho intramolecular Hbond substituents is 1. The summed E-state index contributed by atoms with van der Waals surface area (Å²) in [6, 6.07) is 0.247. The Kier molecular flexibility index (Phi) is 4.17. The molecule has 0 aliphatic carbocycles. The number of benzene rings is 1. The first-order chi connectivity index (χ1) is 8.11. The molecule has 0 amide bonds. The molecule has 3 N–H and O–H groups in total. The molecular weight excluding hydrogens is 321 g/mol. The van der Waals surface area contributed by atoms with Gasteiger partial charge < -0.3 is 10.8 Å². The zero-order chi connectivity index (χ0) is 14.1. The molecule has 9 heteroatoms. The average molecular weight is 329 g/mol. The van der Waals surface area contributed by atoms with Crippen LogP contribution in [0.5, 0.6) is 5.75 Å². The number of nitrogens with two attached hydrogens (primary N) is 1. The smallest absolute Gasteiger partial charge is 0.390 e. The summed E-state index contributed by atoms with van der Waals surface area (Å²) in [5.74, 6) is -0.530. The Morgan fingerprint density at radius 2 is 2.06 bits per heavy atom. The standard InChI is InChI=1S/C9H8BrF3N2O3/c10-6-2-4(15(17)18)1-5(8(6)16)7(14)3-9(11,12)13/h1-2,7,16H,3,14H2/t7-/m1/s1. The SMILES string of the molecule is N[C@H](CC(F)(F)F)c1cc([N+](=O)[O-])cc(Br)c1O. The molecule has 0 fully saturated rings. The number of phenols is 1. The molecule has 0 spiro atoms. The van der Waals surface area contributed by atoms with Crippen LogP contribution < -0.4 is 5.73 Å². The van der Waals surface area contributed by atoms with Crippen LogP contribution in [0.3, 0.4) is 0 Å². The van der Waals surface area contributed by atoms with Gasteiger partial charge in [0.2, 0.25) is 0 Å². The fourth-order valence-electron chi connectivity index (χ4n) is 1.35.